The predicted octanol–water partition coefficient (Wildman–Crippen LogP) is 22.6. The highest BCUT2D eigenvalue weighted by Crippen LogP contribution is 2.38. The van der Waals surface area contributed by atoms with E-state index in [0.717, 1.165) is 175 Å². The average molecular weight is 1280 g/mol. The lowest BCUT2D eigenvalue weighted by atomic mass is 10.0. The van der Waals surface area contributed by atoms with Crippen molar-refractivity contribution in [3.63, 3.8) is 0 Å². The molecule has 0 aliphatic rings. The summed E-state index contributed by atoms with van der Waals surface area (Å²) >= 11 is 0. The molecule has 2 aromatic heterocycles. The monoisotopic (exact) mass is 1270 g/mol. The fourth-order valence-electron chi connectivity index (χ4n) is 9.52. The normalized spacial score (nSPS) is 11.8. The smallest absolute Gasteiger partial charge is 0.127 e. The van der Waals surface area contributed by atoms with Crippen molar-refractivity contribution in [3.8, 4) is 57.4 Å². The van der Waals surface area contributed by atoms with Crippen molar-refractivity contribution >= 4 is 48.6 Å². The van der Waals surface area contributed by atoms with Crippen molar-refractivity contribution in [2.75, 3.05) is 52.9 Å². The van der Waals surface area contributed by atoms with E-state index in [9.17, 15) is 0 Å². The van der Waals surface area contributed by atoms with Crippen molar-refractivity contribution in [1.29, 1.82) is 0 Å². The second kappa shape index (κ2) is 38.8. The quantitative estimate of drug-likeness (QED) is 0.0273. The van der Waals surface area contributed by atoms with Crippen LogP contribution in [0.25, 0.3) is 60.0 Å². The molecule has 10 heteroatoms. The molecule has 4 aromatic carbocycles. The zero-order chi connectivity index (χ0) is 68.1. The van der Waals surface area contributed by atoms with Crippen LogP contribution in [0, 0.1) is 43.4 Å². The van der Waals surface area contributed by atoms with Gasteiger partial charge in [-0.05, 0) is 191 Å². The number of pyridine rings is 2. The van der Waals surface area contributed by atoms with E-state index in [0.29, 0.717) is 88.9 Å². The van der Waals surface area contributed by atoms with Gasteiger partial charge in [0.2, 0.25) is 0 Å². The summed E-state index contributed by atoms with van der Waals surface area (Å²) in [5, 5.41) is 0. The maximum atomic E-state index is 6.67. The minimum absolute atomic E-state index is 0.466. The third-order valence-corrected chi connectivity index (χ3v) is 15.6. The van der Waals surface area contributed by atoms with Crippen molar-refractivity contribution < 1.29 is 37.9 Å². The highest BCUT2D eigenvalue weighted by atomic mass is 16.5. The summed E-state index contributed by atoms with van der Waals surface area (Å²) in [5.74, 6) is 8.80. The number of benzene rings is 4. The SMILES string of the molecule is C=C(C)CCOc1cc(C)c(OCCC(C)C)cc1/C=C/c1cc(OCCC(=C)C)c(/C=C/c2ccnc(-c3cc(/C=C/c4cc(OCCC(=C)C)c(/C=C/c5cc(OCCC(C)C)c(C)cc5OCCC(C)C)cc4OCCC(C)C)ccn3)c2)cc1OCCC(C)C. The molecule has 0 aliphatic heterocycles. The molecule has 94 heavy (non-hydrogen) atoms. The van der Waals surface area contributed by atoms with Gasteiger partial charge in [0, 0.05) is 65.0 Å². The molecule has 504 valence electrons. The maximum absolute atomic E-state index is 6.67. The minimum Gasteiger partial charge on any atom is -0.493 e. The molecule has 0 bridgehead atoms. The fraction of sp³-hybridized carbons (Fsp3) is 0.429. The second-order valence-electron chi connectivity index (χ2n) is 27.3. The number of aryl methyl sites for hydroxylation is 2. The number of hydrogen-bond acceptors (Lipinski definition) is 10. The first kappa shape index (κ1) is 74.8. The lowest BCUT2D eigenvalue weighted by Crippen LogP contribution is -2.05. The lowest BCUT2D eigenvalue weighted by molar-refractivity contribution is 0.280. The van der Waals surface area contributed by atoms with Crippen LogP contribution in [0.3, 0.4) is 0 Å². The van der Waals surface area contributed by atoms with E-state index in [2.05, 4.69) is 212 Å². The Morgan fingerprint density at radius 2 is 0.543 bits per heavy atom. The summed E-state index contributed by atoms with van der Waals surface area (Å²) in [4.78, 5) is 9.67. The molecule has 0 spiro atoms. The van der Waals surface area contributed by atoms with Crippen LogP contribution >= 0.6 is 0 Å². The summed E-state index contributed by atoms with van der Waals surface area (Å²) < 4.78 is 52.2. The molecule has 0 saturated carbocycles. The Labute approximate surface area is 565 Å². The molecule has 0 fully saturated rings. The van der Waals surface area contributed by atoms with Crippen molar-refractivity contribution in [3.05, 3.63) is 177 Å². The van der Waals surface area contributed by atoms with Crippen LogP contribution in [0.1, 0.15) is 197 Å². The highest BCUT2D eigenvalue weighted by Gasteiger charge is 2.17. The van der Waals surface area contributed by atoms with Gasteiger partial charge in [-0.25, -0.2) is 0 Å². The maximum Gasteiger partial charge on any atom is 0.127 e. The Hall–Kier alpha value is -8.24. The van der Waals surface area contributed by atoms with E-state index in [1.165, 1.54) is 0 Å². The van der Waals surface area contributed by atoms with E-state index in [4.69, 9.17) is 47.9 Å². The van der Waals surface area contributed by atoms with Gasteiger partial charge in [-0.2, -0.15) is 0 Å². The Morgan fingerprint density at radius 3 is 0.798 bits per heavy atom. The van der Waals surface area contributed by atoms with Gasteiger partial charge in [0.05, 0.1) is 64.2 Å². The van der Waals surface area contributed by atoms with E-state index in [1.807, 2.05) is 45.3 Å². The average Bonchev–Trinajstić information content (AvgIpc) is 0.836. The van der Waals surface area contributed by atoms with Gasteiger partial charge in [0.25, 0.3) is 0 Å². The van der Waals surface area contributed by atoms with Crippen molar-refractivity contribution in [1.82, 2.24) is 9.97 Å². The van der Waals surface area contributed by atoms with Crippen LogP contribution in [-0.4, -0.2) is 62.8 Å². The Bertz CT molecular complexity index is 3540. The first-order valence-electron chi connectivity index (χ1n) is 34.3. The first-order chi connectivity index (χ1) is 45.0. The standard InChI is InChI=1S/C84H110N2O8/c1-57(2)29-39-87-77-51-71(79(47-65(77)17)89-41-31-59(5)6)23-25-73-55-81(91-43-33-61(9)10)69(53-83(73)93-45-35-63(13)14)21-19-67-27-37-85-75(49-67)76-50-68(28-38-86-76)20-22-70-54-84(94-46-36-64(15)16)74(56-82(70)92-44-34-62(11)12)26-24-72-52-78(88-40-30-58(3)4)66(18)48-80(72)90-42-32-60(7)8/h19-28,37-38,47-58,60,62-63H,5,9,15,29-36,39-46H2,1-4,6-8,10-14,16-18H3/b21-19+,22-20+,25-23+,26-24+. The molecule has 0 N–H and O–H groups in total. The molecule has 0 unspecified atom stereocenters. The Kier molecular flexibility index (Phi) is 30.9. The third-order valence-electron chi connectivity index (χ3n) is 15.6. The summed E-state index contributed by atoms with van der Waals surface area (Å²) in [6.45, 7) is 49.3. The van der Waals surface area contributed by atoms with Crippen LogP contribution in [-0.2, 0) is 0 Å². The van der Waals surface area contributed by atoms with Crippen LogP contribution in [0.15, 0.2) is 122 Å². The molecular formula is C84H110N2O8. The Morgan fingerprint density at radius 1 is 0.319 bits per heavy atom. The molecule has 0 amide bonds. The molecular weight excluding hydrogens is 1160 g/mol. The molecule has 6 rings (SSSR count). The van der Waals surface area contributed by atoms with E-state index in [-0.39, 0.29) is 0 Å². The van der Waals surface area contributed by atoms with E-state index < -0.39 is 0 Å². The Balaban J connectivity index is 1.36. The minimum atomic E-state index is 0.466. The molecule has 0 atom stereocenters. The van der Waals surface area contributed by atoms with Crippen molar-refractivity contribution in [2.45, 2.75) is 155 Å². The molecule has 0 saturated heterocycles. The number of rotatable bonds is 41. The number of ether oxygens (including phenoxy) is 8. The molecule has 0 radical (unpaired) electrons. The van der Waals surface area contributed by atoms with Gasteiger partial charge < -0.3 is 37.9 Å². The second-order valence-corrected chi connectivity index (χ2v) is 27.3. The first-order valence-corrected chi connectivity index (χ1v) is 34.3. The van der Waals surface area contributed by atoms with Crippen molar-refractivity contribution in [2.24, 2.45) is 29.6 Å². The molecule has 10 nitrogen and oxygen atoms in total. The number of nitrogens with zero attached hydrogens (tertiary/aromatic N) is 2. The lowest BCUT2D eigenvalue weighted by Gasteiger charge is -2.17. The summed E-state index contributed by atoms with van der Waals surface area (Å²) in [5.41, 5.74) is 14.0. The van der Waals surface area contributed by atoms with Gasteiger partial charge >= 0.3 is 0 Å². The zero-order valence-electron chi connectivity index (χ0n) is 59.7. The topological polar surface area (TPSA) is 99.6 Å². The summed E-state index contributed by atoms with van der Waals surface area (Å²) in [6, 6.07) is 24.8. The van der Waals surface area contributed by atoms with Gasteiger partial charge in [0.1, 0.15) is 46.0 Å². The van der Waals surface area contributed by atoms with E-state index in [1.54, 1.807) is 0 Å². The summed E-state index contributed by atoms with van der Waals surface area (Å²) in [6.07, 6.45) is 27.3. The fourth-order valence-corrected chi connectivity index (χ4v) is 9.52. The van der Waals surface area contributed by atoms with Gasteiger partial charge in [-0.15, -0.1) is 19.7 Å². The van der Waals surface area contributed by atoms with Crippen LogP contribution < -0.4 is 37.9 Å². The largest absolute Gasteiger partial charge is 0.493 e. The zero-order valence-corrected chi connectivity index (χ0v) is 59.7. The molecule has 6 aromatic rings. The third kappa shape index (κ3) is 26.3. The number of hydrogen-bond donors (Lipinski definition) is 0. The van der Waals surface area contributed by atoms with Gasteiger partial charge in [-0.3, -0.25) is 9.97 Å². The molecule has 0 aliphatic carbocycles. The molecule has 2 heterocycles. The van der Waals surface area contributed by atoms with Gasteiger partial charge in [-0.1, -0.05) is 135 Å². The predicted molar refractivity (Wildman–Crippen MR) is 398 cm³/mol. The summed E-state index contributed by atoms with van der Waals surface area (Å²) in [7, 11) is 0. The van der Waals surface area contributed by atoms with Crippen LogP contribution in [0.2, 0.25) is 0 Å². The highest BCUT2D eigenvalue weighted by molar-refractivity contribution is 5.83. The van der Waals surface area contributed by atoms with Crippen LogP contribution in [0.5, 0.6) is 46.0 Å². The van der Waals surface area contributed by atoms with Gasteiger partial charge in [0.15, 0.2) is 0 Å². The van der Waals surface area contributed by atoms with E-state index >= 15 is 0 Å². The van der Waals surface area contributed by atoms with Crippen LogP contribution in [0.4, 0.5) is 0 Å². The number of aromatic nitrogens is 2.